The Balaban J connectivity index is 1.48. The molecule has 2 aliphatic heterocycles. The standard InChI is InChI=1S/C23H26N4O4/c28-20(24-11-12-26-13-15-31-16-14-26)17-27-21(29)23(25-22(27)30,18-7-3-1-4-8-18)19-9-5-2-6-10-19/h1-10H,11-17H2,(H,24,28)(H,25,30). The van der Waals surface area contributed by atoms with Gasteiger partial charge in [-0.05, 0) is 11.1 Å². The second kappa shape index (κ2) is 9.28. The Morgan fingerprint density at radius 1 is 0.968 bits per heavy atom. The lowest BCUT2D eigenvalue weighted by atomic mass is 9.82. The molecule has 4 rings (SSSR count). The molecule has 2 fully saturated rings. The molecule has 4 amide bonds. The summed E-state index contributed by atoms with van der Waals surface area (Å²) in [7, 11) is 0. The summed E-state index contributed by atoms with van der Waals surface area (Å²) in [6, 6.07) is 17.6. The number of ether oxygens (including phenoxy) is 1. The van der Waals surface area contributed by atoms with Crippen molar-refractivity contribution in [2.24, 2.45) is 0 Å². The van der Waals surface area contributed by atoms with E-state index in [-0.39, 0.29) is 12.5 Å². The van der Waals surface area contributed by atoms with Crippen LogP contribution in [0.2, 0.25) is 0 Å². The highest BCUT2D eigenvalue weighted by Crippen LogP contribution is 2.35. The molecule has 2 aliphatic rings. The van der Waals surface area contributed by atoms with E-state index in [0.717, 1.165) is 18.0 Å². The average Bonchev–Trinajstić information content (AvgIpc) is 3.06. The molecule has 2 N–H and O–H groups in total. The third kappa shape index (κ3) is 4.30. The molecule has 0 aromatic heterocycles. The molecule has 8 heteroatoms. The van der Waals surface area contributed by atoms with E-state index < -0.39 is 17.5 Å². The van der Waals surface area contributed by atoms with Crippen LogP contribution in [0.4, 0.5) is 4.79 Å². The smallest absolute Gasteiger partial charge is 0.326 e. The summed E-state index contributed by atoms with van der Waals surface area (Å²) < 4.78 is 5.31. The summed E-state index contributed by atoms with van der Waals surface area (Å²) in [5, 5.41) is 5.66. The Morgan fingerprint density at radius 2 is 1.55 bits per heavy atom. The zero-order valence-electron chi connectivity index (χ0n) is 17.3. The van der Waals surface area contributed by atoms with E-state index in [1.807, 2.05) is 36.4 Å². The fraction of sp³-hybridized carbons (Fsp3) is 0.348. The monoisotopic (exact) mass is 422 g/mol. The summed E-state index contributed by atoms with van der Waals surface area (Å²) in [4.78, 5) is 42.0. The van der Waals surface area contributed by atoms with Crippen molar-refractivity contribution < 1.29 is 19.1 Å². The summed E-state index contributed by atoms with van der Waals surface area (Å²) in [5.41, 5.74) is -0.0576. The van der Waals surface area contributed by atoms with Crippen LogP contribution in [-0.4, -0.2) is 73.6 Å². The van der Waals surface area contributed by atoms with Gasteiger partial charge in [0.25, 0.3) is 5.91 Å². The van der Waals surface area contributed by atoms with Gasteiger partial charge in [-0.15, -0.1) is 0 Å². The number of carbonyl (C=O) groups excluding carboxylic acids is 3. The number of nitrogens with one attached hydrogen (secondary N) is 2. The van der Waals surface area contributed by atoms with Gasteiger partial charge in [-0.2, -0.15) is 0 Å². The number of hydrogen-bond donors (Lipinski definition) is 2. The molecule has 8 nitrogen and oxygen atoms in total. The van der Waals surface area contributed by atoms with E-state index in [9.17, 15) is 14.4 Å². The normalized spacial score (nSPS) is 18.6. The van der Waals surface area contributed by atoms with Crippen molar-refractivity contribution in [3.63, 3.8) is 0 Å². The molecule has 0 aliphatic carbocycles. The minimum atomic E-state index is -1.35. The van der Waals surface area contributed by atoms with Crippen molar-refractivity contribution in [3.05, 3.63) is 71.8 Å². The van der Waals surface area contributed by atoms with E-state index >= 15 is 0 Å². The van der Waals surface area contributed by atoms with Crippen molar-refractivity contribution in [2.75, 3.05) is 45.9 Å². The van der Waals surface area contributed by atoms with Crippen LogP contribution in [0.15, 0.2) is 60.7 Å². The molecule has 0 unspecified atom stereocenters. The van der Waals surface area contributed by atoms with Gasteiger partial charge < -0.3 is 15.4 Å². The first-order valence-corrected chi connectivity index (χ1v) is 10.4. The van der Waals surface area contributed by atoms with E-state index in [0.29, 0.717) is 37.4 Å². The van der Waals surface area contributed by atoms with Crippen LogP contribution in [0.3, 0.4) is 0 Å². The molecule has 0 saturated carbocycles. The van der Waals surface area contributed by atoms with Gasteiger partial charge in [0, 0.05) is 26.2 Å². The Hall–Kier alpha value is -3.23. The summed E-state index contributed by atoms with van der Waals surface area (Å²) >= 11 is 0. The number of nitrogens with zero attached hydrogens (tertiary/aromatic N) is 2. The van der Waals surface area contributed by atoms with Crippen molar-refractivity contribution in [1.29, 1.82) is 0 Å². The van der Waals surface area contributed by atoms with Gasteiger partial charge in [-0.25, -0.2) is 4.79 Å². The fourth-order valence-electron chi connectivity index (χ4n) is 4.03. The molecule has 0 radical (unpaired) electrons. The van der Waals surface area contributed by atoms with Gasteiger partial charge >= 0.3 is 6.03 Å². The molecule has 2 aromatic rings. The first-order valence-electron chi connectivity index (χ1n) is 10.4. The number of imide groups is 1. The first kappa shape index (κ1) is 21.0. The number of rotatable bonds is 7. The van der Waals surface area contributed by atoms with Crippen molar-refractivity contribution >= 4 is 17.8 Å². The fourth-order valence-corrected chi connectivity index (χ4v) is 4.03. The maximum atomic E-state index is 13.5. The number of urea groups is 1. The summed E-state index contributed by atoms with van der Waals surface area (Å²) in [5.74, 6) is -0.827. The molecule has 2 aromatic carbocycles. The highest BCUT2D eigenvalue weighted by molar-refractivity contribution is 6.11. The molecular weight excluding hydrogens is 396 g/mol. The molecule has 2 heterocycles. The largest absolute Gasteiger partial charge is 0.379 e. The number of benzene rings is 2. The Labute approximate surface area is 181 Å². The van der Waals surface area contributed by atoms with Gasteiger partial charge in [-0.1, -0.05) is 60.7 Å². The van der Waals surface area contributed by atoms with Crippen LogP contribution >= 0.6 is 0 Å². The van der Waals surface area contributed by atoms with Gasteiger partial charge in [-0.3, -0.25) is 19.4 Å². The van der Waals surface area contributed by atoms with Crippen LogP contribution in [0.25, 0.3) is 0 Å². The lowest BCUT2D eigenvalue weighted by Crippen LogP contribution is -2.47. The third-order valence-electron chi connectivity index (χ3n) is 5.67. The van der Waals surface area contributed by atoms with E-state index in [1.54, 1.807) is 24.3 Å². The molecule has 162 valence electrons. The SMILES string of the molecule is O=C(CN1C(=O)NC(c2ccccc2)(c2ccccc2)C1=O)NCCN1CCOCC1. The second-order valence-electron chi connectivity index (χ2n) is 7.61. The van der Waals surface area contributed by atoms with Crippen LogP contribution in [0, 0.1) is 0 Å². The first-order chi connectivity index (χ1) is 15.1. The van der Waals surface area contributed by atoms with Crippen LogP contribution in [0.1, 0.15) is 11.1 Å². The highest BCUT2D eigenvalue weighted by Gasteiger charge is 2.53. The van der Waals surface area contributed by atoms with Gasteiger partial charge in [0.05, 0.1) is 13.2 Å². The van der Waals surface area contributed by atoms with Crippen LogP contribution in [0.5, 0.6) is 0 Å². The minimum absolute atomic E-state index is 0.324. The van der Waals surface area contributed by atoms with Gasteiger partial charge in [0.1, 0.15) is 6.54 Å². The predicted molar refractivity (Wildman–Crippen MR) is 114 cm³/mol. The van der Waals surface area contributed by atoms with E-state index in [2.05, 4.69) is 15.5 Å². The van der Waals surface area contributed by atoms with Gasteiger partial charge in [0.2, 0.25) is 5.91 Å². The molecule has 31 heavy (non-hydrogen) atoms. The Kier molecular flexibility index (Phi) is 6.29. The van der Waals surface area contributed by atoms with Gasteiger partial charge in [0.15, 0.2) is 5.54 Å². The minimum Gasteiger partial charge on any atom is -0.379 e. The number of morpholine rings is 1. The second-order valence-corrected chi connectivity index (χ2v) is 7.61. The van der Waals surface area contributed by atoms with E-state index in [4.69, 9.17) is 4.74 Å². The maximum Gasteiger partial charge on any atom is 0.326 e. The van der Waals surface area contributed by atoms with Crippen molar-refractivity contribution in [2.45, 2.75) is 5.54 Å². The van der Waals surface area contributed by atoms with Crippen LogP contribution < -0.4 is 10.6 Å². The predicted octanol–water partition coefficient (Wildman–Crippen LogP) is 0.930. The number of amides is 4. The lowest BCUT2D eigenvalue weighted by molar-refractivity contribution is -0.134. The maximum absolute atomic E-state index is 13.5. The van der Waals surface area contributed by atoms with Crippen molar-refractivity contribution in [1.82, 2.24) is 20.4 Å². The zero-order chi connectivity index (χ0) is 21.7. The molecule has 0 atom stereocenters. The zero-order valence-corrected chi connectivity index (χ0v) is 17.3. The van der Waals surface area contributed by atoms with E-state index in [1.165, 1.54) is 0 Å². The Morgan fingerprint density at radius 3 is 2.13 bits per heavy atom. The third-order valence-corrected chi connectivity index (χ3v) is 5.67. The van der Waals surface area contributed by atoms with Crippen molar-refractivity contribution in [3.8, 4) is 0 Å². The molecule has 0 bridgehead atoms. The Bertz CT molecular complexity index is 890. The highest BCUT2D eigenvalue weighted by atomic mass is 16.5. The molecule has 2 saturated heterocycles. The topological polar surface area (TPSA) is 91.0 Å². The summed E-state index contributed by atoms with van der Waals surface area (Å²) in [6.07, 6.45) is 0. The molecular formula is C23H26N4O4. The summed E-state index contributed by atoms with van der Waals surface area (Å²) in [6.45, 7) is 3.88. The number of hydrogen-bond acceptors (Lipinski definition) is 5. The average molecular weight is 422 g/mol. The number of carbonyl (C=O) groups is 3. The lowest BCUT2D eigenvalue weighted by Gasteiger charge is -2.28. The van der Waals surface area contributed by atoms with Crippen LogP contribution in [-0.2, 0) is 19.9 Å². The quantitative estimate of drug-likeness (QED) is 0.648. The molecule has 0 spiro atoms.